The van der Waals surface area contributed by atoms with Crippen molar-refractivity contribution < 1.29 is 4.39 Å². The van der Waals surface area contributed by atoms with E-state index in [1.807, 2.05) is 6.07 Å². The first-order chi connectivity index (χ1) is 10.0. The van der Waals surface area contributed by atoms with Crippen molar-refractivity contribution in [2.24, 2.45) is 0 Å². The molecule has 0 saturated heterocycles. The maximum atomic E-state index is 13.6. The predicted molar refractivity (Wildman–Crippen MR) is 90.4 cm³/mol. The summed E-state index contributed by atoms with van der Waals surface area (Å²) in [5.74, 6) is -0.366. The molecule has 0 spiro atoms. The second kappa shape index (κ2) is 7.39. The third kappa shape index (κ3) is 4.29. The summed E-state index contributed by atoms with van der Waals surface area (Å²) < 4.78 is 14.7. The van der Waals surface area contributed by atoms with Gasteiger partial charge in [0, 0.05) is 10.5 Å². The Labute approximate surface area is 138 Å². The van der Waals surface area contributed by atoms with Crippen LogP contribution in [0, 0.1) is 12.7 Å². The zero-order valence-corrected chi connectivity index (χ0v) is 14.4. The summed E-state index contributed by atoms with van der Waals surface area (Å²) >= 11 is 9.30. The Morgan fingerprint density at radius 2 is 2.00 bits per heavy atom. The molecule has 0 aromatic heterocycles. The summed E-state index contributed by atoms with van der Waals surface area (Å²) in [7, 11) is 0. The Hall–Kier alpha value is -0.900. The van der Waals surface area contributed by atoms with E-state index in [-0.39, 0.29) is 16.9 Å². The average molecular weight is 371 g/mol. The van der Waals surface area contributed by atoms with Crippen LogP contribution in [-0.4, -0.2) is 6.54 Å². The summed E-state index contributed by atoms with van der Waals surface area (Å²) in [6.45, 7) is 4.98. The lowest BCUT2D eigenvalue weighted by atomic mass is 9.98. The van der Waals surface area contributed by atoms with E-state index in [0.29, 0.717) is 0 Å². The third-order valence-electron chi connectivity index (χ3n) is 3.47. The Bertz CT molecular complexity index is 630. The van der Waals surface area contributed by atoms with Gasteiger partial charge in [-0.2, -0.15) is 0 Å². The first-order valence-electron chi connectivity index (χ1n) is 6.94. The Morgan fingerprint density at radius 3 is 2.62 bits per heavy atom. The van der Waals surface area contributed by atoms with Gasteiger partial charge in [-0.05, 0) is 54.8 Å². The molecule has 1 unspecified atom stereocenters. The minimum Gasteiger partial charge on any atom is -0.310 e. The highest BCUT2D eigenvalue weighted by Gasteiger charge is 2.13. The van der Waals surface area contributed by atoms with Crippen molar-refractivity contribution in [1.29, 1.82) is 0 Å². The van der Waals surface area contributed by atoms with Crippen molar-refractivity contribution in [3.05, 3.63) is 68.4 Å². The predicted octanol–water partition coefficient (Wildman–Crippen LogP) is 5.44. The Morgan fingerprint density at radius 1 is 1.24 bits per heavy atom. The molecule has 0 saturated carbocycles. The topological polar surface area (TPSA) is 12.0 Å². The number of hydrogen-bond donors (Lipinski definition) is 1. The normalized spacial score (nSPS) is 12.4. The van der Waals surface area contributed by atoms with Crippen molar-refractivity contribution in [3.8, 4) is 0 Å². The molecule has 4 heteroatoms. The minimum absolute atomic E-state index is 0.146. The fourth-order valence-corrected chi connectivity index (χ4v) is 2.80. The number of rotatable bonds is 5. The number of hydrogen-bond acceptors (Lipinski definition) is 1. The van der Waals surface area contributed by atoms with Crippen LogP contribution in [0.25, 0.3) is 0 Å². The van der Waals surface area contributed by atoms with Crippen LogP contribution in [0.5, 0.6) is 0 Å². The zero-order valence-electron chi connectivity index (χ0n) is 12.1. The molecule has 2 rings (SSSR count). The highest BCUT2D eigenvalue weighted by molar-refractivity contribution is 9.10. The Balaban J connectivity index is 2.25. The molecule has 0 aliphatic carbocycles. The van der Waals surface area contributed by atoms with Gasteiger partial charge in [0.15, 0.2) is 0 Å². The van der Waals surface area contributed by atoms with Gasteiger partial charge < -0.3 is 5.32 Å². The van der Waals surface area contributed by atoms with Gasteiger partial charge >= 0.3 is 0 Å². The Kier molecular flexibility index (Phi) is 5.80. The van der Waals surface area contributed by atoms with E-state index in [1.165, 1.54) is 17.2 Å². The molecule has 0 radical (unpaired) electrons. The van der Waals surface area contributed by atoms with Crippen molar-refractivity contribution in [2.75, 3.05) is 6.54 Å². The molecule has 1 N–H and O–H groups in total. The number of aryl methyl sites for hydroxylation is 1. The largest absolute Gasteiger partial charge is 0.310 e. The van der Waals surface area contributed by atoms with Crippen LogP contribution in [0.2, 0.25) is 5.02 Å². The lowest BCUT2D eigenvalue weighted by Crippen LogP contribution is -2.23. The number of halogens is 3. The molecular formula is C17H18BrClFN. The minimum atomic E-state index is -0.366. The highest BCUT2D eigenvalue weighted by Crippen LogP contribution is 2.25. The SMILES string of the molecule is CCNC(Cc1ccc(Cl)c(F)c1)c1ccc(C)c(Br)c1. The second-order valence-corrected chi connectivity index (χ2v) is 6.33. The molecule has 2 aromatic rings. The lowest BCUT2D eigenvalue weighted by Gasteiger charge is -2.19. The van der Waals surface area contributed by atoms with Gasteiger partial charge in [0.2, 0.25) is 0 Å². The quantitative estimate of drug-likeness (QED) is 0.738. The fourth-order valence-electron chi connectivity index (χ4n) is 2.28. The molecule has 0 fully saturated rings. The van der Waals surface area contributed by atoms with E-state index in [0.717, 1.165) is 23.0 Å². The van der Waals surface area contributed by atoms with E-state index in [9.17, 15) is 4.39 Å². The van der Waals surface area contributed by atoms with Crippen molar-refractivity contribution in [3.63, 3.8) is 0 Å². The summed E-state index contributed by atoms with van der Waals surface area (Å²) in [4.78, 5) is 0. The van der Waals surface area contributed by atoms with Crippen molar-refractivity contribution >= 4 is 27.5 Å². The van der Waals surface area contributed by atoms with Crippen molar-refractivity contribution in [1.82, 2.24) is 5.32 Å². The third-order valence-corrected chi connectivity index (χ3v) is 4.63. The lowest BCUT2D eigenvalue weighted by molar-refractivity contribution is 0.546. The van der Waals surface area contributed by atoms with Crippen LogP contribution in [0.3, 0.4) is 0 Å². The van der Waals surface area contributed by atoms with E-state index >= 15 is 0 Å². The molecule has 0 aliphatic rings. The number of likely N-dealkylation sites (N-methyl/N-ethyl adjacent to an activating group) is 1. The van der Waals surface area contributed by atoms with Gasteiger partial charge in [-0.3, -0.25) is 0 Å². The van der Waals surface area contributed by atoms with Crippen LogP contribution >= 0.6 is 27.5 Å². The first kappa shape index (κ1) is 16.5. The van der Waals surface area contributed by atoms with E-state index in [4.69, 9.17) is 11.6 Å². The van der Waals surface area contributed by atoms with Gasteiger partial charge in [-0.25, -0.2) is 4.39 Å². The zero-order chi connectivity index (χ0) is 15.4. The van der Waals surface area contributed by atoms with E-state index in [2.05, 4.69) is 53.3 Å². The first-order valence-corrected chi connectivity index (χ1v) is 8.11. The molecule has 21 heavy (non-hydrogen) atoms. The summed E-state index contributed by atoms with van der Waals surface area (Å²) in [5, 5.41) is 3.62. The maximum absolute atomic E-state index is 13.6. The smallest absolute Gasteiger partial charge is 0.142 e. The summed E-state index contributed by atoms with van der Waals surface area (Å²) in [6, 6.07) is 11.5. The molecule has 0 bridgehead atoms. The molecule has 0 heterocycles. The van der Waals surface area contributed by atoms with Crippen LogP contribution < -0.4 is 5.32 Å². The summed E-state index contributed by atoms with van der Waals surface area (Å²) in [5.41, 5.74) is 3.32. The number of benzene rings is 2. The average Bonchev–Trinajstić information content (AvgIpc) is 2.45. The van der Waals surface area contributed by atoms with Crippen LogP contribution in [0.1, 0.15) is 29.7 Å². The van der Waals surface area contributed by atoms with Crippen LogP contribution in [0.4, 0.5) is 4.39 Å². The highest BCUT2D eigenvalue weighted by atomic mass is 79.9. The van der Waals surface area contributed by atoms with Crippen LogP contribution in [-0.2, 0) is 6.42 Å². The number of nitrogens with one attached hydrogen (secondary N) is 1. The van der Waals surface area contributed by atoms with E-state index in [1.54, 1.807) is 6.07 Å². The molecule has 2 aromatic carbocycles. The molecule has 1 nitrogen and oxygen atoms in total. The van der Waals surface area contributed by atoms with E-state index < -0.39 is 0 Å². The van der Waals surface area contributed by atoms with Gasteiger partial charge in [-0.15, -0.1) is 0 Å². The molecular weight excluding hydrogens is 353 g/mol. The second-order valence-electron chi connectivity index (χ2n) is 5.07. The maximum Gasteiger partial charge on any atom is 0.142 e. The van der Waals surface area contributed by atoms with Crippen LogP contribution in [0.15, 0.2) is 40.9 Å². The molecule has 0 amide bonds. The van der Waals surface area contributed by atoms with Crippen molar-refractivity contribution in [2.45, 2.75) is 26.3 Å². The molecule has 1 atom stereocenters. The van der Waals surface area contributed by atoms with Gasteiger partial charge in [0.05, 0.1) is 5.02 Å². The molecule has 112 valence electrons. The standard InChI is InChI=1S/C17H18BrClFN/c1-3-21-17(13-6-4-11(2)14(18)10-13)9-12-5-7-15(19)16(20)8-12/h4-8,10,17,21H,3,9H2,1-2H3. The monoisotopic (exact) mass is 369 g/mol. The van der Waals surface area contributed by atoms with Gasteiger partial charge in [0.1, 0.15) is 5.82 Å². The van der Waals surface area contributed by atoms with Gasteiger partial charge in [-0.1, -0.05) is 52.7 Å². The summed E-state index contributed by atoms with van der Waals surface area (Å²) in [6.07, 6.45) is 0.720. The molecule has 0 aliphatic heterocycles. The van der Waals surface area contributed by atoms with Gasteiger partial charge in [0.25, 0.3) is 0 Å². The fraction of sp³-hybridized carbons (Fsp3) is 0.294.